The average molecular weight is 310 g/mol. The number of hydrogen-bond acceptors (Lipinski definition) is 4. The maximum absolute atomic E-state index is 9.89. The molecule has 2 aromatic rings. The van der Waals surface area contributed by atoms with Crippen LogP contribution >= 0.6 is 0 Å². The van der Waals surface area contributed by atoms with Gasteiger partial charge in [0.1, 0.15) is 0 Å². The van der Waals surface area contributed by atoms with Gasteiger partial charge in [-0.05, 0) is 42.0 Å². The topological polar surface area (TPSA) is 53.8 Å². The van der Waals surface area contributed by atoms with Crippen LogP contribution in [0.5, 0.6) is 0 Å². The highest BCUT2D eigenvalue weighted by atomic mass is 16.7. The quantitative estimate of drug-likeness (QED) is 0.637. The molecular weight excluding hydrogens is 288 g/mol. The molecule has 0 aliphatic heterocycles. The average Bonchev–Trinajstić information content (AvgIpc) is 3.30. The molecule has 2 aliphatic carbocycles. The van der Waals surface area contributed by atoms with Gasteiger partial charge in [0.15, 0.2) is 0 Å². The van der Waals surface area contributed by atoms with Gasteiger partial charge in [0.25, 0.3) is 0 Å². The lowest BCUT2D eigenvalue weighted by atomic mass is 10.0. The minimum absolute atomic E-state index is 0.567. The second-order valence-electron chi connectivity index (χ2n) is 6.43. The molecule has 2 aromatic carbocycles. The maximum atomic E-state index is 9.89. The number of rotatable bonds is 6. The van der Waals surface area contributed by atoms with Crippen LogP contribution in [0.25, 0.3) is 10.8 Å². The van der Waals surface area contributed by atoms with E-state index in [2.05, 4.69) is 46.9 Å². The van der Waals surface area contributed by atoms with Crippen molar-refractivity contribution in [3.05, 3.63) is 47.5 Å². The Morgan fingerprint density at radius 3 is 2.91 bits per heavy atom. The number of oxime groups is 1. The van der Waals surface area contributed by atoms with Gasteiger partial charge in [0.05, 0.1) is 5.71 Å². The minimum Gasteiger partial charge on any atom is -0.364 e. The second-order valence-corrected chi connectivity index (χ2v) is 6.43. The van der Waals surface area contributed by atoms with Crippen LogP contribution in [0.3, 0.4) is 0 Å². The Morgan fingerprint density at radius 1 is 1.17 bits per heavy atom. The Hall–Kier alpha value is -1.91. The van der Waals surface area contributed by atoms with Crippen LogP contribution in [0, 0.1) is 0 Å². The Balaban J connectivity index is 1.43. The van der Waals surface area contributed by atoms with Crippen molar-refractivity contribution in [2.45, 2.75) is 44.4 Å². The normalized spacial score (nSPS) is 20.0. The van der Waals surface area contributed by atoms with E-state index >= 15 is 0 Å². The molecule has 0 bridgehead atoms. The fourth-order valence-electron chi connectivity index (χ4n) is 3.22. The van der Waals surface area contributed by atoms with E-state index in [0.717, 1.165) is 30.7 Å². The zero-order valence-electron chi connectivity index (χ0n) is 13.2. The van der Waals surface area contributed by atoms with Gasteiger partial charge in [-0.1, -0.05) is 41.6 Å². The lowest BCUT2D eigenvalue weighted by Crippen LogP contribution is -2.23. The molecule has 1 unspecified atom stereocenters. The first-order valence-corrected chi connectivity index (χ1v) is 8.46. The first kappa shape index (κ1) is 14.7. The largest absolute Gasteiger partial charge is 0.364 e. The van der Waals surface area contributed by atoms with Gasteiger partial charge in [-0.15, -0.1) is 0 Å². The molecule has 0 amide bonds. The molecule has 23 heavy (non-hydrogen) atoms. The molecule has 0 heterocycles. The number of nitrogens with one attached hydrogen (secondary N) is 1. The summed E-state index contributed by atoms with van der Waals surface area (Å²) in [5, 5.41) is 20.0. The summed E-state index contributed by atoms with van der Waals surface area (Å²) in [6, 6.07) is 13.3. The summed E-state index contributed by atoms with van der Waals surface area (Å²) in [6.45, 7) is 0.776. The highest BCUT2D eigenvalue weighted by Gasteiger charge is 2.22. The Morgan fingerprint density at radius 2 is 2.04 bits per heavy atom. The Labute approximate surface area is 136 Å². The standard InChI is InChI=1S/C19H22N2O2/c22-19(11-12-20-14-6-7-14)23-21-18-10-9-16-15-4-2-1-3-13(15)5-8-17(16)18/h1-5,8,14,19-20,22H,6-7,9-12H2/b21-18+. The zero-order chi connectivity index (χ0) is 15.6. The molecule has 4 rings (SSSR count). The number of aliphatic hydroxyl groups is 1. The van der Waals surface area contributed by atoms with Gasteiger partial charge >= 0.3 is 0 Å². The van der Waals surface area contributed by atoms with Gasteiger partial charge in [0.2, 0.25) is 6.29 Å². The molecule has 0 radical (unpaired) electrons. The molecule has 2 aliphatic rings. The summed E-state index contributed by atoms with van der Waals surface area (Å²) in [6.07, 6.45) is 4.10. The lowest BCUT2D eigenvalue weighted by Gasteiger charge is -2.10. The third kappa shape index (κ3) is 3.23. The van der Waals surface area contributed by atoms with E-state index in [1.165, 1.54) is 29.2 Å². The van der Waals surface area contributed by atoms with Crippen LogP contribution in [-0.4, -0.2) is 29.7 Å². The zero-order valence-corrected chi connectivity index (χ0v) is 13.2. The first-order valence-electron chi connectivity index (χ1n) is 8.46. The number of aryl methyl sites for hydroxylation is 1. The second kappa shape index (κ2) is 6.30. The number of hydrogen-bond donors (Lipinski definition) is 2. The summed E-state index contributed by atoms with van der Waals surface area (Å²) in [5.74, 6) is 0. The molecule has 0 aromatic heterocycles. The van der Waals surface area contributed by atoms with Gasteiger partial charge in [0, 0.05) is 24.6 Å². The summed E-state index contributed by atoms with van der Waals surface area (Å²) < 4.78 is 0. The highest BCUT2D eigenvalue weighted by molar-refractivity contribution is 6.08. The van der Waals surface area contributed by atoms with E-state index in [1.54, 1.807) is 0 Å². The predicted molar refractivity (Wildman–Crippen MR) is 91.5 cm³/mol. The molecule has 120 valence electrons. The summed E-state index contributed by atoms with van der Waals surface area (Å²) in [7, 11) is 0. The van der Waals surface area contributed by atoms with Crippen LogP contribution < -0.4 is 5.32 Å². The van der Waals surface area contributed by atoms with E-state index in [0.29, 0.717) is 12.5 Å². The SMILES string of the molecule is OC(CCNC1CC1)O/N=C1\CCc2c1ccc1ccccc21. The number of fused-ring (bicyclic) bond motifs is 3. The molecule has 0 spiro atoms. The Kier molecular flexibility index (Phi) is 4.02. The van der Waals surface area contributed by atoms with E-state index in [-0.39, 0.29) is 0 Å². The van der Waals surface area contributed by atoms with Gasteiger partial charge in [-0.3, -0.25) is 0 Å². The number of aliphatic hydroxyl groups excluding tert-OH is 1. The number of benzene rings is 2. The Bertz CT molecular complexity index is 737. The predicted octanol–water partition coefficient (Wildman–Crippen LogP) is 2.97. The van der Waals surface area contributed by atoms with Crippen LogP contribution in [0.15, 0.2) is 41.6 Å². The maximum Gasteiger partial charge on any atom is 0.225 e. The third-order valence-electron chi connectivity index (χ3n) is 4.65. The van der Waals surface area contributed by atoms with Gasteiger partial charge in [-0.25, -0.2) is 0 Å². The summed E-state index contributed by atoms with van der Waals surface area (Å²) in [4.78, 5) is 5.30. The van der Waals surface area contributed by atoms with Crippen molar-refractivity contribution >= 4 is 16.5 Å². The molecule has 4 nitrogen and oxygen atoms in total. The minimum atomic E-state index is -0.835. The first-order chi connectivity index (χ1) is 11.3. The van der Waals surface area contributed by atoms with Crippen LogP contribution in [0.4, 0.5) is 0 Å². The van der Waals surface area contributed by atoms with Gasteiger partial charge in [-0.2, -0.15) is 0 Å². The molecule has 4 heteroatoms. The van der Waals surface area contributed by atoms with E-state index in [4.69, 9.17) is 4.84 Å². The van der Waals surface area contributed by atoms with Crippen LogP contribution in [0.1, 0.15) is 36.8 Å². The van der Waals surface area contributed by atoms with Crippen molar-refractivity contribution in [2.75, 3.05) is 6.54 Å². The smallest absolute Gasteiger partial charge is 0.225 e. The van der Waals surface area contributed by atoms with E-state index in [9.17, 15) is 5.11 Å². The number of nitrogens with zero attached hydrogens (tertiary/aromatic N) is 1. The van der Waals surface area contributed by atoms with Crippen molar-refractivity contribution < 1.29 is 9.94 Å². The van der Waals surface area contributed by atoms with Crippen molar-refractivity contribution in [1.82, 2.24) is 5.32 Å². The third-order valence-corrected chi connectivity index (χ3v) is 4.65. The molecular formula is C19H22N2O2. The molecule has 1 saturated carbocycles. The van der Waals surface area contributed by atoms with E-state index < -0.39 is 6.29 Å². The van der Waals surface area contributed by atoms with Crippen molar-refractivity contribution in [1.29, 1.82) is 0 Å². The van der Waals surface area contributed by atoms with E-state index in [1.807, 2.05) is 0 Å². The molecule has 1 fully saturated rings. The highest BCUT2D eigenvalue weighted by Crippen LogP contribution is 2.30. The fourth-order valence-corrected chi connectivity index (χ4v) is 3.22. The summed E-state index contributed by atoms with van der Waals surface area (Å²) in [5.41, 5.74) is 3.45. The molecule has 0 saturated heterocycles. The van der Waals surface area contributed by atoms with Crippen LogP contribution in [-0.2, 0) is 11.3 Å². The van der Waals surface area contributed by atoms with Crippen molar-refractivity contribution in [2.24, 2.45) is 5.16 Å². The van der Waals surface area contributed by atoms with Crippen molar-refractivity contribution in [3.63, 3.8) is 0 Å². The fraction of sp³-hybridized carbons (Fsp3) is 0.421. The summed E-state index contributed by atoms with van der Waals surface area (Å²) >= 11 is 0. The van der Waals surface area contributed by atoms with Crippen molar-refractivity contribution in [3.8, 4) is 0 Å². The lowest BCUT2D eigenvalue weighted by molar-refractivity contribution is -0.101. The monoisotopic (exact) mass is 310 g/mol. The molecule has 1 atom stereocenters. The molecule has 2 N–H and O–H groups in total. The van der Waals surface area contributed by atoms with Gasteiger partial charge < -0.3 is 15.3 Å². The van der Waals surface area contributed by atoms with Crippen LogP contribution in [0.2, 0.25) is 0 Å².